The molecule has 1 aliphatic heterocycles. The number of amides is 1. The third-order valence-electron chi connectivity index (χ3n) is 13.3. The van der Waals surface area contributed by atoms with E-state index in [-0.39, 0.29) is 12.5 Å². The van der Waals surface area contributed by atoms with E-state index in [1.54, 1.807) is 6.08 Å². The van der Waals surface area contributed by atoms with E-state index in [2.05, 4.69) is 129 Å². The quantitative estimate of drug-likeness (QED) is 0.0261. The Morgan fingerprint density at radius 1 is 0.473 bits per heavy atom. The van der Waals surface area contributed by atoms with Crippen LogP contribution in [0.25, 0.3) is 0 Å². The van der Waals surface area contributed by atoms with E-state index >= 15 is 0 Å². The maximum atomic E-state index is 13.1. The van der Waals surface area contributed by atoms with Crippen LogP contribution in [0, 0.1) is 0 Å². The van der Waals surface area contributed by atoms with Crippen LogP contribution >= 0.6 is 0 Å². The second-order valence-corrected chi connectivity index (χ2v) is 20.0. The molecule has 0 radical (unpaired) electrons. The number of rotatable bonds is 49. The first kappa shape index (κ1) is 68.6. The third-order valence-corrected chi connectivity index (χ3v) is 13.3. The van der Waals surface area contributed by atoms with Crippen molar-refractivity contribution in [3.8, 4) is 0 Å². The van der Waals surface area contributed by atoms with Crippen LogP contribution in [0.1, 0.15) is 226 Å². The summed E-state index contributed by atoms with van der Waals surface area (Å²) in [4.78, 5) is 13.1. The molecule has 0 aromatic rings. The van der Waals surface area contributed by atoms with Crippen LogP contribution in [0.5, 0.6) is 0 Å². The van der Waals surface area contributed by atoms with Gasteiger partial charge in [-0.3, -0.25) is 4.79 Å². The summed E-state index contributed by atoms with van der Waals surface area (Å²) >= 11 is 0. The minimum atomic E-state index is -1.59. The van der Waals surface area contributed by atoms with Gasteiger partial charge in [0.25, 0.3) is 0 Å². The number of nitrogens with one attached hydrogen (secondary N) is 1. The lowest BCUT2D eigenvalue weighted by atomic mass is 9.99. The summed E-state index contributed by atoms with van der Waals surface area (Å²) in [5.41, 5.74) is 0. The molecule has 0 spiro atoms. The Balaban J connectivity index is 2.29. The van der Waals surface area contributed by atoms with E-state index in [4.69, 9.17) is 9.47 Å². The van der Waals surface area contributed by atoms with Crippen molar-refractivity contribution in [1.29, 1.82) is 0 Å². The fourth-order valence-corrected chi connectivity index (χ4v) is 8.60. The Labute approximate surface area is 452 Å². The molecule has 6 N–H and O–H groups in total. The van der Waals surface area contributed by atoms with Gasteiger partial charge < -0.3 is 40.3 Å². The lowest BCUT2D eigenvalue weighted by Crippen LogP contribution is -2.60. The highest BCUT2D eigenvalue weighted by atomic mass is 16.7. The fraction of sp³-hybridized carbons (Fsp3) is 0.677. The lowest BCUT2D eigenvalue weighted by Gasteiger charge is -2.40. The second-order valence-electron chi connectivity index (χ2n) is 20.0. The molecule has 0 aromatic carbocycles. The van der Waals surface area contributed by atoms with Crippen molar-refractivity contribution >= 4 is 5.91 Å². The maximum Gasteiger partial charge on any atom is 0.220 e. The topological polar surface area (TPSA) is 149 Å². The highest BCUT2D eigenvalue weighted by Gasteiger charge is 2.44. The van der Waals surface area contributed by atoms with Crippen molar-refractivity contribution < 1.29 is 39.8 Å². The van der Waals surface area contributed by atoms with Crippen molar-refractivity contribution in [3.05, 3.63) is 122 Å². The molecule has 0 aromatic heterocycles. The molecule has 7 atom stereocenters. The SMILES string of the molecule is CC/C=C\C/C=C\C/C=C\C/C=C\C/C=C\C/C=C\C/C=C\C/C=C\CCCCCCC(=O)NC(COC1OC(CO)C(O)C(O)C1O)C(O)/C=C/CC/C=C/CCCCCCCCCCCCCCCCCC. The number of hydrogen-bond acceptors (Lipinski definition) is 8. The van der Waals surface area contributed by atoms with Gasteiger partial charge in [0.05, 0.1) is 25.4 Å². The molecule has 1 saturated heterocycles. The lowest BCUT2D eigenvalue weighted by molar-refractivity contribution is -0.302. The number of unbranched alkanes of at least 4 members (excludes halogenated alkanes) is 21. The van der Waals surface area contributed by atoms with Gasteiger partial charge in [0, 0.05) is 6.42 Å². The number of aliphatic hydroxyl groups is 5. The maximum absolute atomic E-state index is 13.1. The average Bonchev–Trinajstić information content (AvgIpc) is 3.40. The molecule has 1 fully saturated rings. The molecular weight excluding hydrogens is 923 g/mol. The number of aliphatic hydroxyl groups excluding tert-OH is 5. The van der Waals surface area contributed by atoms with E-state index < -0.39 is 49.5 Å². The van der Waals surface area contributed by atoms with Gasteiger partial charge in [-0.1, -0.05) is 245 Å². The van der Waals surface area contributed by atoms with Gasteiger partial charge in [0.1, 0.15) is 24.4 Å². The molecule has 0 aliphatic carbocycles. The highest BCUT2D eigenvalue weighted by molar-refractivity contribution is 5.76. The van der Waals surface area contributed by atoms with Gasteiger partial charge in [-0.25, -0.2) is 0 Å². The first-order valence-corrected chi connectivity index (χ1v) is 29.8. The Hall–Kier alpha value is -3.41. The van der Waals surface area contributed by atoms with Crippen molar-refractivity contribution in [2.24, 2.45) is 0 Å². The summed E-state index contributed by atoms with van der Waals surface area (Å²) in [5, 5.41) is 54.5. The molecule has 74 heavy (non-hydrogen) atoms. The normalized spacial score (nSPS) is 19.9. The van der Waals surface area contributed by atoms with Crippen molar-refractivity contribution in [2.75, 3.05) is 13.2 Å². The number of allylic oxidation sites excluding steroid dienone is 19. The van der Waals surface area contributed by atoms with Gasteiger partial charge in [0.2, 0.25) is 5.91 Å². The summed E-state index contributed by atoms with van der Waals surface area (Å²) in [6.07, 6.45) is 72.6. The largest absolute Gasteiger partial charge is 0.394 e. The number of carbonyl (C=O) groups excluding carboxylic acids is 1. The van der Waals surface area contributed by atoms with Gasteiger partial charge in [-0.15, -0.1) is 0 Å². The third kappa shape index (κ3) is 41.8. The number of ether oxygens (including phenoxy) is 2. The van der Waals surface area contributed by atoms with Crippen LogP contribution in [0.3, 0.4) is 0 Å². The van der Waals surface area contributed by atoms with Gasteiger partial charge in [-0.2, -0.15) is 0 Å². The van der Waals surface area contributed by atoms with E-state index in [0.717, 1.165) is 96.3 Å². The first-order chi connectivity index (χ1) is 36.3. The Morgan fingerprint density at radius 3 is 1.30 bits per heavy atom. The smallest absolute Gasteiger partial charge is 0.220 e. The Kier molecular flexibility index (Phi) is 49.1. The molecular formula is C65H109NO8. The van der Waals surface area contributed by atoms with E-state index in [1.807, 2.05) is 6.08 Å². The minimum Gasteiger partial charge on any atom is -0.394 e. The predicted octanol–water partition coefficient (Wildman–Crippen LogP) is 15.1. The van der Waals surface area contributed by atoms with Gasteiger partial charge >= 0.3 is 0 Å². The molecule has 9 heteroatoms. The molecule has 0 bridgehead atoms. The summed E-state index contributed by atoms with van der Waals surface area (Å²) in [7, 11) is 0. The summed E-state index contributed by atoms with van der Waals surface area (Å²) < 4.78 is 11.3. The monoisotopic (exact) mass is 1030 g/mol. The zero-order valence-corrected chi connectivity index (χ0v) is 46.8. The number of carbonyl (C=O) groups is 1. The van der Waals surface area contributed by atoms with Gasteiger partial charge in [0.15, 0.2) is 6.29 Å². The van der Waals surface area contributed by atoms with Crippen LogP contribution < -0.4 is 5.32 Å². The van der Waals surface area contributed by atoms with Crippen LogP contribution in [0.15, 0.2) is 122 Å². The molecule has 1 aliphatic rings. The zero-order valence-electron chi connectivity index (χ0n) is 46.8. The molecule has 1 amide bonds. The summed E-state index contributed by atoms with van der Waals surface area (Å²) in [6, 6.07) is -0.846. The van der Waals surface area contributed by atoms with Gasteiger partial charge in [-0.05, 0) is 96.3 Å². The predicted molar refractivity (Wildman–Crippen MR) is 313 cm³/mol. The van der Waals surface area contributed by atoms with E-state index in [9.17, 15) is 30.3 Å². The molecule has 7 unspecified atom stereocenters. The summed E-state index contributed by atoms with van der Waals surface area (Å²) in [6.45, 7) is 3.64. The molecule has 9 nitrogen and oxygen atoms in total. The van der Waals surface area contributed by atoms with E-state index in [0.29, 0.717) is 12.8 Å². The highest BCUT2D eigenvalue weighted by Crippen LogP contribution is 2.23. The standard InChI is InChI=1S/C65H109NO8/c1-3-5-7-9-11-13-15-17-19-21-23-25-27-28-29-30-31-32-33-35-37-39-41-43-45-47-49-51-53-55-61(69)66-58(57-73-65-64(72)63(71)62(70)60(56-67)74-65)59(68)54-52-50-48-46-44-42-40-38-36-34-26-24-22-20-18-16-14-12-10-8-6-4-2/h5,7,11,13,17,19,23,25,28-29,31-32,35,37,41,43-44,46,52,54,58-60,62-65,67-68,70-72H,3-4,6,8-10,12,14-16,18,20-22,24,26-27,30,33-34,36,38-40,42,45,47-51,53,55-57H2,1-2H3,(H,66,69)/b7-5-,13-11-,19-17-,25-23-,29-28-,32-31-,37-35-,43-41-,46-44+,54-52+. The van der Waals surface area contributed by atoms with Crippen molar-refractivity contribution in [2.45, 2.75) is 269 Å². The fourth-order valence-electron chi connectivity index (χ4n) is 8.60. The molecule has 1 rings (SSSR count). The van der Waals surface area contributed by atoms with Crippen LogP contribution in [0.4, 0.5) is 0 Å². The van der Waals surface area contributed by atoms with Crippen molar-refractivity contribution in [3.63, 3.8) is 0 Å². The zero-order chi connectivity index (χ0) is 53.6. The molecule has 422 valence electrons. The van der Waals surface area contributed by atoms with Crippen molar-refractivity contribution in [1.82, 2.24) is 5.32 Å². The second kappa shape index (κ2) is 53.0. The molecule has 0 saturated carbocycles. The first-order valence-electron chi connectivity index (χ1n) is 29.8. The van der Waals surface area contributed by atoms with E-state index in [1.165, 1.54) is 103 Å². The average molecular weight is 1030 g/mol. The Morgan fingerprint density at radius 2 is 0.851 bits per heavy atom. The van der Waals surface area contributed by atoms with Crippen LogP contribution in [-0.4, -0.2) is 87.5 Å². The Bertz CT molecular complexity index is 1570. The minimum absolute atomic E-state index is 0.215. The summed E-state index contributed by atoms with van der Waals surface area (Å²) in [5.74, 6) is -0.215. The van der Waals surface area contributed by atoms with Crippen LogP contribution in [0.2, 0.25) is 0 Å². The molecule has 1 heterocycles. The van der Waals surface area contributed by atoms with Crippen LogP contribution in [-0.2, 0) is 14.3 Å². The number of hydrogen-bond donors (Lipinski definition) is 6.